The van der Waals surface area contributed by atoms with Gasteiger partial charge in [0.25, 0.3) is 0 Å². The van der Waals surface area contributed by atoms with Crippen molar-refractivity contribution in [3.05, 3.63) is 122 Å². The van der Waals surface area contributed by atoms with Crippen LogP contribution in [0.2, 0.25) is 0 Å². The number of hydrogen-bond acceptors (Lipinski definition) is 6. The lowest BCUT2D eigenvalue weighted by molar-refractivity contribution is -0.167. The zero-order valence-corrected chi connectivity index (χ0v) is 49.5. The third kappa shape index (κ3) is 60.7. The molecule has 0 aromatic carbocycles. The van der Waals surface area contributed by atoms with E-state index in [9.17, 15) is 14.4 Å². The maximum absolute atomic E-state index is 12.9. The molecule has 0 spiro atoms. The fourth-order valence-corrected chi connectivity index (χ4v) is 8.50. The summed E-state index contributed by atoms with van der Waals surface area (Å²) in [5.41, 5.74) is 0. The van der Waals surface area contributed by atoms with Gasteiger partial charge in [-0.3, -0.25) is 14.4 Å². The van der Waals surface area contributed by atoms with Gasteiger partial charge < -0.3 is 14.2 Å². The van der Waals surface area contributed by atoms with Crippen LogP contribution in [0.15, 0.2) is 122 Å². The van der Waals surface area contributed by atoms with Crippen LogP contribution in [-0.4, -0.2) is 37.2 Å². The largest absolute Gasteiger partial charge is 0.462 e. The normalized spacial score (nSPS) is 12.9. The van der Waals surface area contributed by atoms with Gasteiger partial charge in [0.2, 0.25) is 0 Å². The highest BCUT2D eigenvalue weighted by atomic mass is 16.6. The van der Waals surface area contributed by atoms with Crippen LogP contribution in [0.3, 0.4) is 0 Å². The molecular formula is C70H116O6. The van der Waals surface area contributed by atoms with Crippen molar-refractivity contribution in [2.45, 2.75) is 290 Å². The minimum Gasteiger partial charge on any atom is -0.462 e. The summed E-state index contributed by atoms with van der Waals surface area (Å²) in [5, 5.41) is 0. The van der Waals surface area contributed by atoms with Gasteiger partial charge in [-0.25, -0.2) is 0 Å². The Hall–Kier alpha value is -4.19. The van der Waals surface area contributed by atoms with Gasteiger partial charge in [0.05, 0.1) is 0 Å². The zero-order chi connectivity index (χ0) is 55.0. The van der Waals surface area contributed by atoms with Gasteiger partial charge in [-0.15, -0.1) is 0 Å². The Bertz CT molecular complexity index is 1590. The van der Waals surface area contributed by atoms with Crippen molar-refractivity contribution >= 4 is 17.9 Å². The number of unbranched alkanes of at least 4 members (excludes halogenated alkanes) is 25. The highest BCUT2D eigenvalue weighted by Crippen LogP contribution is 2.16. The summed E-state index contributed by atoms with van der Waals surface area (Å²) < 4.78 is 16.9. The summed E-state index contributed by atoms with van der Waals surface area (Å²) in [4.78, 5) is 38.3. The van der Waals surface area contributed by atoms with Gasteiger partial charge in [0, 0.05) is 19.3 Å². The van der Waals surface area contributed by atoms with Crippen LogP contribution in [0.25, 0.3) is 0 Å². The maximum Gasteiger partial charge on any atom is 0.306 e. The molecule has 0 amide bonds. The minimum atomic E-state index is -0.804. The van der Waals surface area contributed by atoms with E-state index in [0.717, 1.165) is 135 Å². The van der Waals surface area contributed by atoms with Crippen molar-refractivity contribution in [1.29, 1.82) is 0 Å². The van der Waals surface area contributed by atoms with Crippen molar-refractivity contribution < 1.29 is 28.6 Å². The Morgan fingerprint density at radius 3 is 0.882 bits per heavy atom. The van der Waals surface area contributed by atoms with E-state index in [-0.39, 0.29) is 31.1 Å². The molecule has 0 rings (SSSR count). The fourth-order valence-electron chi connectivity index (χ4n) is 8.50. The van der Waals surface area contributed by atoms with E-state index in [1.54, 1.807) is 0 Å². The fraction of sp³-hybridized carbons (Fsp3) is 0.671. The molecule has 0 fully saturated rings. The topological polar surface area (TPSA) is 78.9 Å². The lowest BCUT2D eigenvalue weighted by Crippen LogP contribution is -2.30. The van der Waals surface area contributed by atoms with Crippen LogP contribution in [0, 0.1) is 0 Å². The number of esters is 3. The molecule has 0 bridgehead atoms. The highest BCUT2D eigenvalue weighted by Gasteiger charge is 2.19. The van der Waals surface area contributed by atoms with Crippen molar-refractivity contribution in [1.82, 2.24) is 0 Å². The number of carbonyl (C=O) groups excluding carboxylic acids is 3. The molecular weight excluding hydrogens is 937 g/mol. The summed E-state index contributed by atoms with van der Waals surface area (Å²) in [6.45, 7) is 6.43. The second-order valence-electron chi connectivity index (χ2n) is 20.6. The Labute approximate surface area is 469 Å². The Balaban J connectivity index is 4.43. The van der Waals surface area contributed by atoms with E-state index in [0.29, 0.717) is 25.7 Å². The number of ether oxygens (including phenoxy) is 3. The minimum absolute atomic E-state index is 0.0996. The molecule has 0 aromatic heterocycles. The first kappa shape index (κ1) is 71.8. The Morgan fingerprint density at radius 2 is 0.539 bits per heavy atom. The van der Waals surface area contributed by atoms with E-state index >= 15 is 0 Å². The summed E-state index contributed by atoms with van der Waals surface area (Å²) >= 11 is 0. The second-order valence-corrected chi connectivity index (χ2v) is 20.6. The van der Waals surface area contributed by atoms with E-state index in [2.05, 4.69) is 142 Å². The third-order valence-corrected chi connectivity index (χ3v) is 13.2. The summed E-state index contributed by atoms with van der Waals surface area (Å²) in [6, 6.07) is 0. The smallest absolute Gasteiger partial charge is 0.306 e. The zero-order valence-electron chi connectivity index (χ0n) is 49.5. The maximum atomic E-state index is 12.9. The lowest BCUT2D eigenvalue weighted by atomic mass is 10.0. The first-order chi connectivity index (χ1) is 37.5. The van der Waals surface area contributed by atoms with Crippen LogP contribution in [0.1, 0.15) is 284 Å². The average molecular weight is 1050 g/mol. The molecule has 432 valence electrons. The SMILES string of the molecule is CC/C=C\C/C=C\C/C=C\C/C=C\C/C=C\C/C=C\C/C=C\C/C=C\CCCCC(=O)OCC(COC(=O)CCCCCCC/C=C\C/C=C\CCC)OC(=O)CCCCCCCCCCCCCCCCCCCC. The van der Waals surface area contributed by atoms with Crippen LogP contribution < -0.4 is 0 Å². The van der Waals surface area contributed by atoms with Crippen LogP contribution in [0.4, 0.5) is 0 Å². The molecule has 6 heteroatoms. The van der Waals surface area contributed by atoms with Gasteiger partial charge in [-0.1, -0.05) is 277 Å². The van der Waals surface area contributed by atoms with Crippen LogP contribution in [-0.2, 0) is 28.6 Å². The van der Waals surface area contributed by atoms with E-state index in [4.69, 9.17) is 14.2 Å². The molecule has 0 aliphatic rings. The van der Waals surface area contributed by atoms with E-state index in [1.165, 1.54) is 103 Å². The van der Waals surface area contributed by atoms with Crippen molar-refractivity contribution in [2.75, 3.05) is 13.2 Å². The van der Waals surface area contributed by atoms with Crippen LogP contribution >= 0.6 is 0 Å². The Morgan fingerprint density at radius 1 is 0.276 bits per heavy atom. The predicted molar refractivity (Wildman–Crippen MR) is 330 cm³/mol. The molecule has 1 unspecified atom stereocenters. The monoisotopic (exact) mass is 1050 g/mol. The highest BCUT2D eigenvalue weighted by molar-refractivity contribution is 5.71. The molecule has 6 nitrogen and oxygen atoms in total. The van der Waals surface area contributed by atoms with E-state index in [1.807, 2.05) is 0 Å². The molecule has 0 aromatic rings. The van der Waals surface area contributed by atoms with Crippen molar-refractivity contribution in [3.8, 4) is 0 Å². The molecule has 0 saturated heterocycles. The molecule has 0 aliphatic carbocycles. The van der Waals surface area contributed by atoms with Gasteiger partial charge in [0.1, 0.15) is 13.2 Å². The number of allylic oxidation sites excluding steroid dienone is 20. The van der Waals surface area contributed by atoms with E-state index < -0.39 is 6.10 Å². The van der Waals surface area contributed by atoms with Gasteiger partial charge in [-0.05, 0) is 109 Å². The molecule has 1 atom stereocenters. The molecule has 0 saturated carbocycles. The predicted octanol–water partition coefficient (Wildman–Crippen LogP) is 21.6. The molecule has 0 aliphatic heterocycles. The molecule has 0 N–H and O–H groups in total. The number of carbonyl (C=O) groups is 3. The Kier molecular flexibility index (Phi) is 59.9. The number of hydrogen-bond donors (Lipinski definition) is 0. The average Bonchev–Trinajstić information content (AvgIpc) is 3.42. The van der Waals surface area contributed by atoms with Gasteiger partial charge in [0.15, 0.2) is 6.10 Å². The van der Waals surface area contributed by atoms with Gasteiger partial charge >= 0.3 is 17.9 Å². The third-order valence-electron chi connectivity index (χ3n) is 13.2. The van der Waals surface area contributed by atoms with Crippen LogP contribution in [0.5, 0.6) is 0 Å². The first-order valence-corrected chi connectivity index (χ1v) is 31.5. The van der Waals surface area contributed by atoms with Crippen molar-refractivity contribution in [2.24, 2.45) is 0 Å². The number of rotatable bonds is 56. The molecule has 0 radical (unpaired) electrons. The summed E-state index contributed by atoms with van der Waals surface area (Å²) in [5.74, 6) is -0.952. The first-order valence-electron chi connectivity index (χ1n) is 31.5. The van der Waals surface area contributed by atoms with Gasteiger partial charge in [-0.2, -0.15) is 0 Å². The molecule has 76 heavy (non-hydrogen) atoms. The lowest BCUT2D eigenvalue weighted by Gasteiger charge is -2.18. The quantitative estimate of drug-likeness (QED) is 0.0261. The summed E-state index contributed by atoms with van der Waals surface area (Å²) in [6.07, 6.45) is 87.7. The summed E-state index contributed by atoms with van der Waals surface area (Å²) in [7, 11) is 0. The van der Waals surface area contributed by atoms with Crippen molar-refractivity contribution in [3.63, 3.8) is 0 Å². The molecule has 0 heterocycles. The standard InChI is InChI=1S/C70H116O6/c1-4-7-10-13-16-19-22-25-27-29-31-32-33-34-35-36-37-38-39-41-42-45-48-51-54-57-60-63-69(72)75-66-67(65-74-68(71)62-59-56-53-50-47-44-24-21-18-15-12-9-6-3)76-70(73)64-61-58-55-52-49-46-43-40-30-28-26-23-20-17-14-11-8-5-2/h7,10,12,15-16,19,21,24-25,27,31-32,34-35,37-38,41-42,48,51,67H,4-6,8-9,11,13-14,17-18,20,22-23,26,28-30,33,36,39-40,43-47,49-50,52-66H2,1-3H3/b10-7-,15-12-,19-16-,24-21-,27-25-,32-31-,35-34-,38-37-,42-41-,51-48-. The second kappa shape index (κ2) is 63.3.